The van der Waals surface area contributed by atoms with Crippen molar-refractivity contribution in [2.45, 2.75) is 19.4 Å². The van der Waals surface area contributed by atoms with Crippen LogP contribution in [0.15, 0.2) is 34.9 Å². The van der Waals surface area contributed by atoms with Crippen LogP contribution in [0.25, 0.3) is 0 Å². The third-order valence-corrected chi connectivity index (χ3v) is 3.74. The summed E-state index contributed by atoms with van der Waals surface area (Å²) in [5.74, 6) is 1.13. The van der Waals surface area contributed by atoms with Gasteiger partial charge in [0.15, 0.2) is 5.69 Å². The molecule has 2 aromatic heterocycles. The lowest BCUT2D eigenvalue weighted by molar-refractivity contribution is -0.00945. The van der Waals surface area contributed by atoms with Gasteiger partial charge in [0.05, 0.1) is 13.2 Å². The highest BCUT2D eigenvalue weighted by Crippen LogP contribution is 2.28. The Morgan fingerprint density at radius 1 is 1.45 bits per heavy atom. The third kappa shape index (κ3) is 2.69. The van der Waals surface area contributed by atoms with Gasteiger partial charge in [0.25, 0.3) is 5.91 Å². The molecular weight excluding hydrogens is 284 g/mol. The molecule has 3 rings (SSSR count). The van der Waals surface area contributed by atoms with Gasteiger partial charge in [-0.3, -0.25) is 4.79 Å². The Morgan fingerprint density at radius 3 is 3.05 bits per heavy atom. The van der Waals surface area contributed by atoms with E-state index in [9.17, 15) is 9.90 Å². The fourth-order valence-electron chi connectivity index (χ4n) is 2.54. The number of aromatic nitrogens is 1. The highest BCUT2D eigenvalue weighted by atomic mass is 16.5. The van der Waals surface area contributed by atoms with E-state index < -0.39 is 0 Å². The van der Waals surface area contributed by atoms with Crippen molar-refractivity contribution >= 4 is 5.91 Å². The zero-order chi connectivity index (χ0) is 15.5. The number of carbonyl (C=O) groups excluding carboxylic acids is 1. The average Bonchev–Trinajstić information content (AvgIpc) is 3.04. The molecule has 6 heteroatoms. The van der Waals surface area contributed by atoms with Gasteiger partial charge < -0.3 is 19.2 Å². The molecule has 1 saturated heterocycles. The van der Waals surface area contributed by atoms with E-state index in [0.717, 1.165) is 12.2 Å². The van der Waals surface area contributed by atoms with E-state index in [-0.39, 0.29) is 23.4 Å². The maximum Gasteiger partial charge on any atom is 0.277 e. The number of nitrogens with zero attached hydrogens (tertiary/aromatic N) is 2. The normalized spacial score (nSPS) is 18.4. The molecule has 0 radical (unpaired) electrons. The summed E-state index contributed by atoms with van der Waals surface area (Å²) in [7, 11) is 0. The molecule has 1 fully saturated rings. The number of rotatable bonds is 3. The van der Waals surface area contributed by atoms with E-state index in [1.54, 1.807) is 11.0 Å². The van der Waals surface area contributed by atoms with Crippen molar-refractivity contribution < 1.29 is 19.1 Å². The van der Waals surface area contributed by atoms with Crippen LogP contribution >= 0.6 is 0 Å². The van der Waals surface area contributed by atoms with Crippen molar-refractivity contribution in [2.75, 3.05) is 19.8 Å². The third-order valence-electron chi connectivity index (χ3n) is 3.74. The van der Waals surface area contributed by atoms with Crippen LogP contribution in [0.3, 0.4) is 0 Å². The molecule has 0 spiro atoms. The van der Waals surface area contributed by atoms with Crippen LogP contribution in [0.1, 0.15) is 35.0 Å². The van der Waals surface area contributed by atoms with Crippen LogP contribution in [-0.4, -0.2) is 40.7 Å². The maximum atomic E-state index is 12.7. The van der Waals surface area contributed by atoms with Crippen molar-refractivity contribution in [3.05, 3.63) is 47.7 Å². The first-order chi connectivity index (χ1) is 10.7. The van der Waals surface area contributed by atoms with Gasteiger partial charge in [0.2, 0.25) is 0 Å². The molecular formula is C16H18N2O4. The lowest BCUT2D eigenvalue weighted by atomic mass is 10.1. The van der Waals surface area contributed by atoms with Crippen molar-refractivity contribution in [3.8, 4) is 5.75 Å². The molecule has 0 aliphatic carbocycles. The van der Waals surface area contributed by atoms with Crippen LogP contribution in [0.2, 0.25) is 0 Å². The first-order valence-corrected chi connectivity index (χ1v) is 7.32. The summed E-state index contributed by atoms with van der Waals surface area (Å²) in [5, 5.41) is 9.85. The summed E-state index contributed by atoms with van der Waals surface area (Å²) in [6, 6.07) is 6.52. The number of hydrogen-bond acceptors (Lipinski definition) is 5. The molecule has 1 aliphatic heterocycles. The molecule has 1 aliphatic rings. The first kappa shape index (κ1) is 14.6. The Kier molecular flexibility index (Phi) is 4.11. The van der Waals surface area contributed by atoms with Gasteiger partial charge >= 0.3 is 0 Å². The van der Waals surface area contributed by atoms with Crippen molar-refractivity contribution in [1.29, 1.82) is 0 Å². The Labute approximate surface area is 128 Å². The highest BCUT2D eigenvalue weighted by molar-refractivity contribution is 5.95. The summed E-state index contributed by atoms with van der Waals surface area (Å²) in [4.78, 5) is 18.3. The molecule has 0 bridgehead atoms. The smallest absolute Gasteiger partial charge is 0.277 e. The number of ether oxygens (including phenoxy) is 1. The van der Waals surface area contributed by atoms with Crippen molar-refractivity contribution in [1.82, 2.24) is 9.88 Å². The topological polar surface area (TPSA) is 75.8 Å². The second-order valence-corrected chi connectivity index (χ2v) is 5.12. The van der Waals surface area contributed by atoms with Crippen molar-refractivity contribution in [2.24, 2.45) is 0 Å². The van der Waals surface area contributed by atoms with Gasteiger partial charge in [-0.1, -0.05) is 6.92 Å². The molecule has 0 aromatic carbocycles. The first-order valence-electron chi connectivity index (χ1n) is 7.32. The maximum absolute atomic E-state index is 12.7. The van der Waals surface area contributed by atoms with Gasteiger partial charge in [-0.2, -0.15) is 0 Å². The number of morpholine rings is 1. The lowest BCUT2D eigenvalue weighted by Gasteiger charge is -2.34. The quantitative estimate of drug-likeness (QED) is 0.940. The molecule has 22 heavy (non-hydrogen) atoms. The Morgan fingerprint density at radius 2 is 2.32 bits per heavy atom. The van der Waals surface area contributed by atoms with Crippen LogP contribution < -0.4 is 0 Å². The summed E-state index contributed by atoms with van der Waals surface area (Å²) >= 11 is 0. The fraction of sp³-hybridized carbons (Fsp3) is 0.375. The standard InChI is InChI=1S/C16H18N2O4/c1-2-11-5-6-14(22-11)12-10-21-9-8-18(12)16(20)15-13(19)4-3-7-17-15/h3-7,12,19H,2,8-10H2,1H3. The van der Waals surface area contributed by atoms with Gasteiger partial charge in [0.1, 0.15) is 23.3 Å². The molecule has 116 valence electrons. The van der Waals surface area contributed by atoms with E-state index in [2.05, 4.69) is 4.98 Å². The molecule has 0 saturated carbocycles. The fourth-order valence-corrected chi connectivity index (χ4v) is 2.54. The van der Waals surface area contributed by atoms with Gasteiger partial charge in [-0.25, -0.2) is 4.98 Å². The lowest BCUT2D eigenvalue weighted by Crippen LogP contribution is -2.43. The van der Waals surface area contributed by atoms with Crippen LogP contribution in [0, 0.1) is 0 Å². The Hall–Kier alpha value is -2.34. The summed E-state index contributed by atoms with van der Waals surface area (Å²) in [6.07, 6.45) is 2.28. The van der Waals surface area contributed by atoms with E-state index in [1.807, 2.05) is 19.1 Å². The molecule has 3 heterocycles. The molecule has 1 atom stereocenters. The zero-order valence-electron chi connectivity index (χ0n) is 12.4. The summed E-state index contributed by atoms with van der Waals surface area (Å²) < 4.78 is 11.3. The summed E-state index contributed by atoms with van der Waals surface area (Å²) in [5.41, 5.74) is 0.0525. The van der Waals surface area contributed by atoms with Crippen LogP contribution in [0.4, 0.5) is 0 Å². The van der Waals surface area contributed by atoms with Crippen LogP contribution in [0.5, 0.6) is 5.75 Å². The Bertz CT molecular complexity index is 668. The largest absolute Gasteiger partial charge is 0.505 e. The zero-order valence-corrected chi connectivity index (χ0v) is 12.4. The average molecular weight is 302 g/mol. The Balaban J connectivity index is 1.89. The molecule has 1 unspecified atom stereocenters. The van der Waals surface area contributed by atoms with Gasteiger partial charge in [0, 0.05) is 19.2 Å². The van der Waals surface area contributed by atoms with Crippen molar-refractivity contribution in [3.63, 3.8) is 0 Å². The predicted octanol–water partition coefficient (Wildman–Crippen LogP) is 2.16. The highest BCUT2D eigenvalue weighted by Gasteiger charge is 2.33. The number of pyridine rings is 1. The van der Waals surface area contributed by atoms with Gasteiger partial charge in [-0.15, -0.1) is 0 Å². The molecule has 1 N–H and O–H groups in total. The SMILES string of the molecule is CCc1ccc(C2COCCN2C(=O)c2ncccc2O)o1. The molecule has 2 aromatic rings. The number of aryl methyl sites for hydroxylation is 1. The number of amides is 1. The van der Waals surface area contributed by atoms with E-state index >= 15 is 0 Å². The minimum atomic E-state index is -0.319. The molecule has 6 nitrogen and oxygen atoms in total. The van der Waals surface area contributed by atoms with E-state index in [1.165, 1.54) is 12.3 Å². The number of carbonyl (C=O) groups is 1. The van der Waals surface area contributed by atoms with E-state index in [4.69, 9.17) is 9.15 Å². The number of furan rings is 1. The monoisotopic (exact) mass is 302 g/mol. The number of aromatic hydroxyl groups is 1. The minimum absolute atomic E-state index is 0.0525. The summed E-state index contributed by atoms with van der Waals surface area (Å²) in [6.45, 7) is 3.27. The number of hydrogen-bond donors (Lipinski definition) is 1. The van der Waals surface area contributed by atoms with Crippen LogP contribution in [-0.2, 0) is 11.2 Å². The molecule has 1 amide bonds. The van der Waals surface area contributed by atoms with Gasteiger partial charge in [-0.05, 0) is 24.3 Å². The minimum Gasteiger partial charge on any atom is -0.505 e. The second kappa shape index (κ2) is 6.19. The van der Waals surface area contributed by atoms with E-state index in [0.29, 0.717) is 25.5 Å². The second-order valence-electron chi connectivity index (χ2n) is 5.12. The predicted molar refractivity (Wildman–Crippen MR) is 78.6 cm³/mol.